The van der Waals surface area contributed by atoms with Crippen molar-refractivity contribution in [2.45, 2.75) is 19.9 Å². The molecule has 1 heterocycles. The minimum atomic E-state index is -0.198. The lowest BCUT2D eigenvalue weighted by atomic mass is 9.85. The molecule has 4 rings (SSSR count). The number of amides is 1. The Bertz CT molecular complexity index is 1260. The van der Waals surface area contributed by atoms with Crippen LogP contribution in [0.2, 0.25) is 0 Å². The molecular formula is C24H27N5O3. The zero-order chi connectivity index (χ0) is 22.8. The van der Waals surface area contributed by atoms with E-state index in [0.29, 0.717) is 65.9 Å². The Kier molecular flexibility index (Phi) is 6.05. The van der Waals surface area contributed by atoms with Crippen molar-refractivity contribution in [3.05, 3.63) is 57.9 Å². The predicted molar refractivity (Wildman–Crippen MR) is 125 cm³/mol. The molecule has 1 amide bonds. The summed E-state index contributed by atoms with van der Waals surface area (Å²) >= 11 is 0. The Labute approximate surface area is 186 Å². The van der Waals surface area contributed by atoms with Crippen molar-refractivity contribution in [1.82, 2.24) is 20.0 Å². The van der Waals surface area contributed by atoms with Gasteiger partial charge in [0.25, 0.3) is 5.56 Å². The number of carbonyl (C=O) groups excluding carboxylic acids is 2. The second kappa shape index (κ2) is 8.92. The number of hydrogen-bond acceptors (Lipinski definition) is 6. The SMILES string of the molecule is CC(=O)NCCCNc1ccc2c(=O)n(CCN(C)C)nc3c2c1C(=O)c1ccccc1-3. The van der Waals surface area contributed by atoms with Crippen LogP contribution < -0.4 is 16.2 Å². The second-order valence-electron chi connectivity index (χ2n) is 8.23. The topological polar surface area (TPSA) is 96.3 Å². The number of ketones is 1. The standard InChI is InChI=1S/C24H27N5O3/c1-15(30)25-11-6-12-26-19-10-9-18-20-21(19)23(31)17-8-5-4-7-16(17)22(20)27-29(24(18)32)14-13-28(2)3/h4-5,7-10,26H,6,11-14H2,1-3H3,(H,25,30). The van der Waals surface area contributed by atoms with Crippen LogP contribution in [0.5, 0.6) is 0 Å². The van der Waals surface area contributed by atoms with Crippen LogP contribution in [0.3, 0.4) is 0 Å². The number of fused-ring (bicyclic) bond motifs is 2. The molecule has 3 aromatic rings. The molecule has 32 heavy (non-hydrogen) atoms. The highest BCUT2D eigenvalue weighted by Gasteiger charge is 2.30. The molecule has 2 N–H and O–H groups in total. The molecular weight excluding hydrogens is 406 g/mol. The molecule has 2 aromatic carbocycles. The first-order chi connectivity index (χ1) is 15.4. The molecule has 0 bridgehead atoms. The minimum Gasteiger partial charge on any atom is -0.384 e. The number of carbonyl (C=O) groups is 2. The summed E-state index contributed by atoms with van der Waals surface area (Å²) in [5.41, 5.74) is 2.95. The fourth-order valence-electron chi connectivity index (χ4n) is 4.00. The molecule has 1 aliphatic carbocycles. The van der Waals surface area contributed by atoms with Gasteiger partial charge in [-0.05, 0) is 32.6 Å². The van der Waals surface area contributed by atoms with E-state index in [2.05, 4.69) is 10.6 Å². The van der Waals surface area contributed by atoms with Crippen molar-refractivity contribution >= 4 is 28.2 Å². The number of aromatic nitrogens is 2. The maximum absolute atomic E-state index is 13.5. The number of hydrogen-bond donors (Lipinski definition) is 2. The van der Waals surface area contributed by atoms with Crippen molar-refractivity contribution in [3.8, 4) is 11.3 Å². The normalized spacial score (nSPS) is 12.2. The Hall–Kier alpha value is -3.52. The summed E-state index contributed by atoms with van der Waals surface area (Å²) in [7, 11) is 3.90. The molecule has 0 spiro atoms. The number of benzene rings is 2. The van der Waals surface area contributed by atoms with Crippen LogP contribution in [0.25, 0.3) is 22.0 Å². The Morgan fingerprint density at radius 2 is 1.81 bits per heavy atom. The molecule has 0 atom stereocenters. The third-order valence-corrected chi connectivity index (χ3v) is 5.58. The largest absolute Gasteiger partial charge is 0.384 e. The van der Waals surface area contributed by atoms with Crippen LogP contribution in [0.15, 0.2) is 41.2 Å². The third-order valence-electron chi connectivity index (χ3n) is 5.58. The lowest BCUT2D eigenvalue weighted by Crippen LogP contribution is -2.30. The maximum atomic E-state index is 13.5. The summed E-state index contributed by atoms with van der Waals surface area (Å²) in [6.07, 6.45) is 0.707. The Morgan fingerprint density at radius 1 is 1.06 bits per heavy atom. The highest BCUT2D eigenvalue weighted by atomic mass is 16.1. The molecule has 0 radical (unpaired) electrons. The van der Waals surface area contributed by atoms with Crippen LogP contribution in [0.4, 0.5) is 5.69 Å². The fourth-order valence-corrected chi connectivity index (χ4v) is 4.00. The van der Waals surface area contributed by atoms with Gasteiger partial charge < -0.3 is 15.5 Å². The van der Waals surface area contributed by atoms with E-state index in [1.165, 1.54) is 11.6 Å². The van der Waals surface area contributed by atoms with Gasteiger partial charge in [0.1, 0.15) is 5.69 Å². The van der Waals surface area contributed by atoms with Crippen LogP contribution >= 0.6 is 0 Å². The highest BCUT2D eigenvalue weighted by molar-refractivity contribution is 6.27. The zero-order valence-corrected chi connectivity index (χ0v) is 18.6. The first kappa shape index (κ1) is 21.7. The number of rotatable bonds is 8. The van der Waals surface area contributed by atoms with Crippen molar-refractivity contribution in [2.75, 3.05) is 39.0 Å². The third kappa shape index (κ3) is 4.01. The van der Waals surface area contributed by atoms with Gasteiger partial charge in [-0.15, -0.1) is 0 Å². The number of nitrogens with zero attached hydrogens (tertiary/aromatic N) is 3. The van der Waals surface area contributed by atoms with Gasteiger partial charge >= 0.3 is 0 Å². The predicted octanol–water partition coefficient (Wildman–Crippen LogP) is 2.11. The van der Waals surface area contributed by atoms with Crippen LogP contribution in [-0.4, -0.2) is 60.1 Å². The van der Waals surface area contributed by atoms with Crippen molar-refractivity contribution < 1.29 is 9.59 Å². The summed E-state index contributed by atoms with van der Waals surface area (Å²) in [5, 5.41) is 11.9. The number of likely N-dealkylation sites (N-methyl/N-ethyl adjacent to an activating group) is 1. The fraction of sp³-hybridized carbons (Fsp3) is 0.333. The van der Waals surface area contributed by atoms with E-state index in [9.17, 15) is 14.4 Å². The smallest absolute Gasteiger partial charge is 0.274 e. The van der Waals surface area contributed by atoms with Crippen LogP contribution in [-0.2, 0) is 11.3 Å². The van der Waals surface area contributed by atoms with E-state index in [1.807, 2.05) is 37.2 Å². The first-order valence-corrected chi connectivity index (χ1v) is 10.7. The summed E-state index contributed by atoms with van der Waals surface area (Å²) in [4.78, 5) is 39.7. The van der Waals surface area contributed by atoms with Gasteiger partial charge in [-0.2, -0.15) is 5.10 Å². The van der Waals surface area contributed by atoms with Gasteiger partial charge in [0.05, 0.1) is 17.5 Å². The number of anilines is 1. The molecule has 0 aliphatic heterocycles. The molecule has 0 saturated carbocycles. The van der Waals surface area contributed by atoms with E-state index < -0.39 is 0 Å². The van der Waals surface area contributed by atoms with Gasteiger partial charge in [0.2, 0.25) is 5.91 Å². The molecule has 0 unspecified atom stereocenters. The van der Waals surface area contributed by atoms with E-state index >= 15 is 0 Å². The second-order valence-corrected chi connectivity index (χ2v) is 8.23. The molecule has 1 aromatic heterocycles. The van der Waals surface area contributed by atoms with Gasteiger partial charge in [-0.1, -0.05) is 24.3 Å². The Morgan fingerprint density at radius 3 is 2.53 bits per heavy atom. The van der Waals surface area contributed by atoms with Gasteiger partial charge in [-0.3, -0.25) is 14.4 Å². The zero-order valence-electron chi connectivity index (χ0n) is 18.6. The quantitative estimate of drug-likeness (QED) is 0.413. The van der Waals surface area contributed by atoms with Crippen LogP contribution in [0.1, 0.15) is 29.3 Å². The average Bonchev–Trinajstić information content (AvgIpc) is 2.77. The Balaban J connectivity index is 1.82. The summed E-state index contributed by atoms with van der Waals surface area (Å²) in [6.45, 7) is 3.75. The lowest BCUT2D eigenvalue weighted by Gasteiger charge is -2.23. The molecule has 0 fully saturated rings. The van der Waals surface area contributed by atoms with E-state index in [1.54, 1.807) is 18.2 Å². The summed E-state index contributed by atoms with van der Waals surface area (Å²) in [6, 6.07) is 11.0. The van der Waals surface area contributed by atoms with Crippen molar-refractivity contribution in [2.24, 2.45) is 0 Å². The summed E-state index contributed by atoms with van der Waals surface area (Å²) in [5.74, 6) is -0.186. The van der Waals surface area contributed by atoms with E-state index in [4.69, 9.17) is 5.10 Å². The van der Waals surface area contributed by atoms with Crippen LogP contribution in [0, 0.1) is 0 Å². The maximum Gasteiger partial charge on any atom is 0.274 e. The van der Waals surface area contributed by atoms with Gasteiger partial charge in [0.15, 0.2) is 5.78 Å². The van der Waals surface area contributed by atoms with Crippen molar-refractivity contribution in [1.29, 1.82) is 0 Å². The first-order valence-electron chi connectivity index (χ1n) is 10.7. The monoisotopic (exact) mass is 433 g/mol. The minimum absolute atomic E-state index is 0.0705. The molecule has 1 aliphatic rings. The highest BCUT2D eigenvalue weighted by Crippen LogP contribution is 2.39. The average molecular weight is 434 g/mol. The van der Waals surface area contributed by atoms with E-state index in [0.717, 1.165) is 5.56 Å². The summed E-state index contributed by atoms with van der Waals surface area (Å²) < 4.78 is 1.49. The van der Waals surface area contributed by atoms with Crippen molar-refractivity contribution in [3.63, 3.8) is 0 Å². The van der Waals surface area contributed by atoms with Gasteiger partial charge in [-0.25, -0.2) is 4.68 Å². The number of nitrogens with one attached hydrogen (secondary N) is 2. The molecule has 0 saturated heterocycles. The van der Waals surface area contributed by atoms with Gasteiger partial charge in [0, 0.05) is 48.8 Å². The molecule has 8 heteroatoms. The van der Waals surface area contributed by atoms with E-state index in [-0.39, 0.29) is 17.2 Å². The lowest BCUT2D eigenvalue weighted by molar-refractivity contribution is -0.118. The molecule has 8 nitrogen and oxygen atoms in total. The molecule has 166 valence electrons.